The van der Waals surface area contributed by atoms with Crippen LogP contribution in [0.2, 0.25) is 0 Å². The van der Waals surface area contributed by atoms with Crippen LogP contribution >= 0.6 is 24.0 Å². The number of likely N-dealkylation sites (tertiary alicyclic amines) is 1. The maximum Gasteiger partial charge on any atom is 0.193 e. The molecule has 0 radical (unpaired) electrons. The molecule has 1 fully saturated rings. The Morgan fingerprint density at radius 2 is 2.08 bits per heavy atom. The fraction of sp³-hybridized carbons (Fsp3) is 0.632. The lowest BCUT2D eigenvalue weighted by molar-refractivity contribution is 0.196. The Hall–Kier alpha value is -0.820. The van der Waals surface area contributed by atoms with Gasteiger partial charge in [-0.2, -0.15) is 0 Å². The van der Waals surface area contributed by atoms with Crippen molar-refractivity contribution in [2.24, 2.45) is 10.9 Å². The van der Waals surface area contributed by atoms with Crippen LogP contribution < -0.4 is 5.32 Å². The highest BCUT2D eigenvalue weighted by Gasteiger charge is 2.28. The summed E-state index contributed by atoms with van der Waals surface area (Å²) in [4.78, 5) is 7.18. The molecule has 5 heteroatoms. The average Bonchev–Trinajstić information content (AvgIpc) is 2.58. The van der Waals surface area contributed by atoms with Crippen molar-refractivity contribution in [2.45, 2.75) is 32.6 Å². The first kappa shape index (κ1) is 21.2. The standard InChI is InChI=1S/C19H31N3O.HI/c1-4-20-19(21-12-8-14-23-3)22-13-11-18(16(2)15-22)17-9-6-5-7-10-17;/h5-7,9-10,16,18H,4,8,11-15H2,1-3H3,(H,20,21);1H. The van der Waals surface area contributed by atoms with Gasteiger partial charge in [0.25, 0.3) is 0 Å². The lowest BCUT2D eigenvalue weighted by atomic mass is 9.82. The second kappa shape index (κ2) is 11.7. The lowest BCUT2D eigenvalue weighted by Gasteiger charge is -2.39. The minimum atomic E-state index is 0. The molecule has 1 saturated heterocycles. The van der Waals surface area contributed by atoms with Crippen LogP contribution in [0.5, 0.6) is 0 Å². The van der Waals surface area contributed by atoms with Crippen LogP contribution in [0.1, 0.15) is 38.2 Å². The van der Waals surface area contributed by atoms with Gasteiger partial charge in [0.15, 0.2) is 5.96 Å². The first-order chi connectivity index (χ1) is 11.3. The molecule has 0 spiro atoms. The summed E-state index contributed by atoms with van der Waals surface area (Å²) in [6, 6.07) is 10.9. The number of methoxy groups -OCH3 is 1. The molecule has 1 aliphatic rings. The van der Waals surface area contributed by atoms with Crippen molar-refractivity contribution < 1.29 is 4.74 Å². The van der Waals surface area contributed by atoms with Gasteiger partial charge in [-0.15, -0.1) is 24.0 Å². The molecule has 2 unspecified atom stereocenters. The zero-order chi connectivity index (χ0) is 16.5. The number of hydrogen-bond donors (Lipinski definition) is 1. The van der Waals surface area contributed by atoms with Gasteiger partial charge in [0.05, 0.1) is 0 Å². The third kappa shape index (κ3) is 6.24. The van der Waals surface area contributed by atoms with Gasteiger partial charge in [-0.1, -0.05) is 37.3 Å². The van der Waals surface area contributed by atoms with E-state index in [1.54, 1.807) is 7.11 Å². The van der Waals surface area contributed by atoms with E-state index in [2.05, 4.69) is 54.4 Å². The van der Waals surface area contributed by atoms with E-state index >= 15 is 0 Å². The SMILES string of the molecule is CCNC(=NCCCOC)N1CCC(c2ccccc2)C(C)C1.I. The molecule has 2 rings (SSSR count). The minimum absolute atomic E-state index is 0. The van der Waals surface area contributed by atoms with Crippen LogP contribution in [0.25, 0.3) is 0 Å². The smallest absolute Gasteiger partial charge is 0.193 e. The van der Waals surface area contributed by atoms with E-state index in [-0.39, 0.29) is 24.0 Å². The number of nitrogens with zero attached hydrogens (tertiary/aromatic N) is 2. The second-order valence-corrected chi connectivity index (χ2v) is 6.31. The Morgan fingerprint density at radius 3 is 2.71 bits per heavy atom. The molecule has 136 valence electrons. The zero-order valence-corrected chi connectivity index (χ0v) is 17.5. The van der Waals surface area contributed by atoms with Crippen molar-refractivity contribution in [3.63, 3.8) is 0 Å². The number of piperidine rings is 1. The highest BCUT2D eigenvalue weighted by Crippen LogP contribution is 2.32. The fourth-order valence-corrected chi connectivity index (χ4v) is 3.35. The van der Waals surface area contributed by atoms with E-state index in [1.165, 1.54) is 12.0 Å². The number of ether oxygens (including phenoxy) is 1. The summed E-state index contributed by atoms with van der Waals surface area (Å²) in [5.74, 6) is 2.35. The monoisotopic (exact) mass is 445 g/mol. The lowest BCUT2D eigenvalue weighted by Crippen LogP contribution is -2.48. The summed E-state index contributed by atoms with van der Waals surface area (Å²) in [7, 11) is 1.74. The van der Waals surface area contributed by atoms with E-state index < -0.39 is 0 Å². The highest BCUT2D eigenvalue weighted by atomic mass is 127. The van der Waals surface area contributed by atoms with Crippen molar-refractivity contribution in [1.82, 2.24) is 10.2 Å². The van der Waals surface area contributed by atoms with Crippen molar-refractivity contribution >= 4 is 29.9 Å². The van der Waals surface area contributed by atoms with Crippen LogP contribution in [-0.2, 0) is 4.74 Å². The molecule has 0 aromatic heterocycles. The molecule has 1 aromatic rings. The number of halogens is 1. The van der Waals surface area contributed by atoms with Gasteiger partial charge in [-0.3, -0.25) is 4.99 Å². The second-order valence-electron chi connectivity index (χ2n) is 6.31. The summed E-state index contributed by atoms with van der Waals surface area (Å²) in [5, 5.41) is 3.44. The number of hydrogen-bond acceptors (Lipinski definition) is 2. The summed E-state index contributed by atoms with van der Waals surface area (Å²) in [6.45, 7) is 9.13. The van der Waals surface area contributed by atoms with Gasteiger partial charge in [0, 0.05) is 39.9 Å². The summed E-state index contributed by atoms with van der Waals surface area (Å²) < 4.78 is 5.11. The molecule has 0 aliphatic carbocycles. The van der Waals surface area contributed by atoms with E-state index in [0.29, 0.717) is 11.8 Å². The molecular weight excluding hydrogens is 413 g/mol. The predicted molar refractivity (Wildman–Crippen MR) is 112 cm³/mol. The summed E-state index contributed by atoms with van der Waals surface area (Å²) in [6.07, 6.45) is 2.16. The first-order valence-electron chi connectivity index (χ1n) is 8.83. The van der Waals surface area contributed by atoms with Crippen LogP contribution in [-0.4, -0.2) is 50.8 Å². The maximum absolute atomic E-state index is 5.11. The molecule has 0 saturated carbocycles. The van der Waals surface area contributed by atoms with Gasteiger partial charge in [0.2, 0.25) is 0 Å². The summed E-state index contributed by atoms with van der Waals surface area (Å²) >= 11 is 0. The van der Waals surface area contributed by atoms with E-state index in [0.717, 1.165) is 45.2 Å². The average molecular weight is 445 g/mol. The Morgan fingerprint density at radius 1 is 1.33 bits per heavy atom. The fourth-order valence-electron chi connectivity index (χ4n) is 3.35. The Bertz CT molecular complexity index is 481. The third-order valence-electron chi connectivity index (χ3n) is 4.54. The van der Waals surface area contributed by atoms with Gasteiger partial charge in [-0.25, -0.2) is 0 Å². The van der Waals surface area contributed by atoms with Gasteiger partial charge in [0.1, 0.15) is 0 Å². The first-order valence-corrected chi connectivity index (χ1v) is 8.83. The number of guanidine groups is 1. The largest absolute Gasteiger partial charge is 0.385 e. The molecule has 1 N–H and O–H groups in total. The van der Waals surface area contributed by atoms with Crippen molar-refractivity contribution in [3.8, 4) is 0 Å². The van der Waals surface area contributed by atoms with Crippen LogP contribution in [0.3, 0.4) is 0 Å². The molecule has 0 amide bonds. The Balaban J connectivity index is 0.00000288. The van der Waals surface area contributed by atoms with Crippen LogP contribution in [0.15, 0.2) is 35.3 Å². The van der Waals surface area contributed by atoms with Crippen molar-refractivity contribution in [2.75, 3.05) is 39.9 Å². The molecule has 2 atom stereocenters. The van der Waals surface area contributed by atoms with Crippen LogP contribution in [0, 0.1) is 5.92 Å². The van der Waals surface area contributed by atoms with Gasteiger partial charge >= 0.3 is 0 Å². The zero-order valence-electron chi connectivity index (χ0n) is 15.2. The van der Waals surface area contributed by atoms with Gasteiger partial charge in [-0.05, 0) is 37.2 Å². The van der Waals surface area contributed by atoms with Crippen molar-refractivity contribution in [3.05, 3.63) is 35.9 Å². The maximum atomic E-state index is 5.11. The van der Waals surface area contributed by atoms with Gasteiger partial charge < -0.3 is 15.0 Å². The minimum Gasteiger partial charge on any atom is -0.385 e. The Labute approximate surface area is 164 Å². The van der Waals surface area contributed by atoms with Crippen LogP contribution in [0.4, 0.5) is 0 Å². The molecular formula is C19H32IN3O. The highest BCUT2D eigenvalue weighted by molar-refractivity contribution is 14.0. The predicted octanol–water partition coefficient (Wildman–Crippen LogP) is 3.73. The number of benzene rings is 1. The number of aliphatic imine (C=N–C) groups is 1. The van der Waals surface area contributed by atoms with E-state index in [1.807, 2.05) is 0 Å². The van der Waals surface area contributed by atoms with E-state index in [9.17, 15) is 0 Å². The molecule has 4 nitrogen and oxygen atoms in total. The summed E-state index contributed by atoms with van der Waals surface area (Å²) in [5.41, 5.74) is 1.47. The molecule has 24 heavy (non-hydrogen) atoms. The molecule has 0 bridgehead atoms. The number of nitrogens with one attached hydrogen (secondary N) is 1. The van der Waals surface area contributed by atoms with Crippen molar-refractivity contribution in [1.29, 1.82) is 0 Å². The topological polar surface area (TPSA) is 36.9 Å². The quantitative estimate of drug-likeness (QED) is 0.314. The van der Waals surface area contributed by atoms with E-state index in [4.69, 9.17) is 9.73 Å². The normalized spacial score (nSPS) is 21.3. The Kier molecular flexibility index (Phi) is 10.3. The molecule has 1 heterocycles. The third-order valence-corrected chi connectivity index (χ3v) is 4.54. The molecule has 1 aromatic carbocycles. The number of rotatable bonds is 6. The molecule has 1 aliphatic heterocycles.